The molecule has 1 aliphatic rings. The van der Waals surface area contributed by atoms with Crippen LogP contribution in [0.4, 0.5) is 5.13 Å². The summed E-state index contributed by atoms with van der Waals surface area (Å²) in [6, 6.07) is 3.73. The first kappa shape index (κ1) is 13.3. The number of hydrogen-bond acceptors (Lipinski definition) is 5. The van der Waals surface area contributed by atoms with E-state index in [0.29, 0.717) is 5.13 Å². The number of carbonyl (C=O) groups excluding carboxylic acids is 2. The zero-order chi connectivity index (χ0) is 14.1. The van der Waals surface area contributed by atoms with Gasteiger partial charge in [0, 0.05) is 29.9 Å². The summed E-state index contributed by atoms with van der Waals surface area (Å²) >= 11 is 2.94. The number of amides is 2. The van der Waals surface area contributed by atoms with Crippen molar-refractivity contribution in [3.05, 3.63) is 34.0 Å². The molecule has 0 aromatic carbocycles. The second kappa shape index (κ2) is 5.34. The third-order valence-electron chi connectivity index (χ3n) is 3.42. The molecule has 1 aliphatic heterocycles. The summed E-state index contributed by atoms with van der Waals surface area (Å²) < 4.78 is 0. The van der Waals surface area contributed by atoms with E-state index in [9.17, 15) is 9.59 Å². The number of nitrogens with zero attached hydrogens (tertiary/aromatic N) is 2. The van der Waals surface area contributed by atoms with Crippen LogP contribution in [-0.4, -0.2) is 28.7 Å². The van der Waals surface area contributed by atoms with Crippen molar-refractivity contribution in [3.63, 3.8) is 0 Å². The molecule has 0 saturated carbocycles. The Balaban J connectivity index is 1.83. The van der Waals surface area contributed by atoms with Crippen molar-refractivity contribution < 1.29 is 9.59 Å². The van der Waals surface area contributed by atoms with Crippen molar-refractivity contribution in [1.29, 1.82) is 0 Å². The number of aromatic nitrogens is 1. The van der Waals surface area contributed by atoms with Crippen LogP contribution >= 0.6 is 22.7 Å². The van der Waals surface area contributed by atoms with Gasteiger partial charge in [0.1, 0.15) is 0 Å². The minimum Gasteiger partial charge on any atom is -0.337 e. The lowest BCUT2D eigenvalue weighted by atomic mass is 9.98. The summed E-state index contributed by atoms with van der Waals surface area (Å²) in [5, 5.41) is 7.13. The Morgan fingerprint density at radius 3 is 2.95 bits per heavy atom. The van der Waals surface area contributed by atoms with Gasteiger partial charge in [0.2, 0.25) is 11.8 Å². The summed E-state index contributed by atoms with van der Waals surface area (Å²) in [5.74, 6) is -0.506. The molecule has 7 heteroatoms. The second-order valence-electron chi connectivity index (χ2n) is 4.60. The van der Waals surface area contributed by atoms with Crippen molar-refractivity contribution >= 4 is 39.6 Å². The summed E-state index contributed by atoms with van der Waals surface area (Å²) in [6.45, 7) is 0. The first-order chi connectivity index (χ1) is 9.66. The van der Waals surface area contributed by atoms with Gasteiger partial charge in [0.25, 0.3) is 0 Å². The van der Waals surface area contributed by atoms with Crippen LogP contribution < -0.4 is 5.32 Å². The first-order valence-electron chi connectivity index (χ1n) is 6.16. The van der Waals surface area contributed by atoms with E-state index in [0.717, 1.165) is 4.88 Å². The average molecular weight is 307 g/mol. The quantitative estimate of drug-likeness (QED) is 0.947. The Morgan fingerprint density at radius 2 is 2.30 bits per heavy atom. The summed E-state index contributed by atoms with van der Waals surface area (Å²) in [4.78, 5) is 31.1. The molecule has 3 heterocycles. The monoisotopic (exact) mass is 307 g/mol. The van der Waals surface area contributed by atoms with Gasteiger partial charge in [-0.3, -0.25) is 9.59 Å². The maximum absolute atomic E-state index is 12.4. The second-order valence-corrected chi connectivity index (χ2v) is 6.48. The highest BCUT2D eigenvalue weighted by molar-refractivity contribution is 7.13. The maximum Gasteiger partial charge on any atom is 0.232 e. The van der Waals surface area contributed by atoms with Gasteiger partial charge >= 0.3 is 0 Å². The van der Waals surface area contributed by atoms with Crippen LogP contribution in [0.3, 0.4) is 0 Å². The number of nitrogens with one attached hydrogen (secondary N) is 1. The molecule has 1 N–H and O–H groups in total. The van der Waals surface area contributed by atoms with E-state index < -0.39 is 0 Å². The molecule has 2 aromatic rings. The van der Waals surface area contributed by atoms with Gasteiger partial charge in [-0.2, -0.15) is 0 Å². The van der Waals surface area contributed by atoms with E-state index in [1.807, 2.05) is 17.5 Å². The lowest BCUT2D eigenvalue weighted by molar-refractivity contribution is -0.127. The van der Waals surface area contributed by atoms with Gasteiger partial charge in [-0.15, -0.1) is 22.7 Å². The van der Waals surface area contributed by atoms with Crippen LogP contribution in [0.25, 0.3) is 0 Å². The smallest absolute Gasteiger partial charge is 0.232 e. The van der Waals surface area contributed by atoms with Crippen LogP contribution in [0.15, 0.2) is 29.1 Å². The van der Waals surface area contributed by atoms with E-state index in [-0.39, 0.29) is 30.2 Å². The average Bonchev–Trinajstić information content (AvgIpc) is 3.13. The van der Waals surface area contributed by atoms with Gasteiger partial charge in [0.15, 0.2) is 5.13 Å². The lowest BCUT2D eigenvalue weighted by Crippen LogP contribution is -2.29. The van der Waals surface area contributed by atoms with Crippen molar-refractivity contribution in [2.45, 2.75) is 12.5 Å². The van der Waals surface area contributed by atoms with Gasteiger partial charge in [0.05, 0.1) is 12.0 Å². The van der Waals surface area contributed by atoms with Gasteiger partial charge in [-0.05, 0) is 11.4 Å². The molecule has 0 spiro atoms. The van der Waals surface area contributed by atoms with E-state index in [1.165, 1.54) is 11.3 Å². The standard InChI is InChI=1S/C13H13N3O2S2/c1-16-10(17)7-8(11(16)9-3-2-5-19-9)12(18)15-13-14-4-6-20-13/h2-6,8,11H,7H2,1H3,(H,14,15,18)/t8-,11-/m1/s1. The molecule has 0 bridgehead atoms. The summed E-state index contributed by atoms with van der Waals surface area (Å²) in [6.07, 6.45) is 1.89. The minimum absolute atomic E-state index is 0.00249. The Kier molecular flexibility index (Phi) is 3.54. The lowest BCUT2D eigenvalue weighted by Gasteiger charge is -2.22. The van der Waals surface area contributed by atoms with Crippen LogP contribution in [0.2, 0.25) is 0 Å². The van der Waals surface area contributed by atoms with Crippen LogP contribution in [-0.2, 0) is 9.59 Å². The fraction of sp³-hybridized carbons (Fsp3) is 0.308. The molecule has 3 rings (SSSR count). The van der Waals surface area contributed by atoms with Crippen molar-refractivity contribution in [1.82, 2.24) is 9.88 Å². The Labute approximate surface area is 124 Å². The SMILES string of the molecule is CN1C(=O)C[C@@H](C(=O)Nc2nccs2)[C@@H]1c1cccs1. The zero-order valence-electron chi connectivity index (χ0n) is 10.8. The fourth-order valence-corrected chi connectivity index (χ4v) is 3.90. The molecule has 0 radical (unpaired) electrons. The van der Waals surface area contributed by atoms with Crippen molar-refractivity contribution in [3.8, 4) is 0 Å². The molecule has 1 fully saturated rings. The molecule has 2 amide bonds. The van der Waals surface area contributed by atoms with E-state index in [1.54, 1.807) is 34.9 Å². The zero-order valence-corrected chi connectivity index (χ0v) is 12.4. The molecule has 2 aromatic heterocycles. The molecule has 20 heavy (non-hydrogen) atoms. The maximum atomic E-state index is 12.4. The number of hydrogen-bond donors (Lipinski definition) is 1. The molecular weight excluding hydrogens is 294 g/mol. The normalized spacial score (nSPS) is 22.2. The largest absolute Gasteiger partial charge is 0.337 e. The number of thiophene rings is 1. The molecule has 1 saturated heterocycles. The molecule has 5 nitrogen and oxygen atoms in total. The van der Waals surface area contributed by atoms with E-state index in [2.05, 4.69) is 10.3 Å². The van der Waals surface area contributed by atoms with Crippen LogP contribution in [0.1, 0.15) is 17.3 Å². The third kappa shape index (κ3) is 2.34. The molecule has 104 valence electrons. The molecule has 0 unspecified atom stereocenters. The minimum atomic E-state index is -0.366. The Morgan fingerprint density at radius 1 is 1.45 bits per heavy atom. The highest BCUT2D eigenvalue weighted by Gasteiger charge is 2.43. The number of rotatable bonds is 3. The molecular formula is C13H13N3O2S2. The number of carbonyl (C=O) groups is 2. The molecule has 0 aliphatic carbocycles. The summed E-state index contributed by atoms with van der Waals surface area (Å²) in [5.41, 5.74) is 0. The van der Waals surface area contributed by atoms with Gasteiger partial charge < -0.3 is 10.2 Å². The van der Waals surface area contributed by atoms with Gasteiger partial charge in [-0.25, -0.2) is 4.98 Å². The third-order valence-corrected chi connectivity index (χ3v) is 5.05. The highest BCUT2D eigenvalue weighted by atomic mass is 32.1. The molecule has 2 atom stereocenters. The Hall–Kier alpha value is -1.73. The first-order valence-corrected chi connectivity index (χ1v) is 7.92. The topological polar surface area (TPSA) is 62.3 Å². The number of likely N-dealkylation sites (tertiary alicyclic amines) is 1. The van der Waals surface area contributed by atoms with Crippen molar-refractivity contribution in [2.24, 2.45) is 5.92 Å². The highest BCUT2D eigenvalue weighted by Crippen LogP contribution is 2.39. The number of thiazole rings is 1. The predicted molar refractivity (Wildman–Crippen MR) is 78.7 cm³/mol. The number of anilines is 1. The van der Waals surface area contributed by atoms with Crippen molar-refractivity contribution in [2.75, 3.05) is 12.4 Å². The van der Waals surface area contributed by atoms with Crippen LogP contribution in [0, 0.1) is 5.92 Å². The Bertz CT molecular complexity index is 610. The van der Waals surface area contributed by atoms with Gasteiger partial charge in [-0.1, -0.05) is 6.07 Å². The van der Waals surface area contributed by atoms with Crippen LogP contribution in [0.5, 0.6) is 0 Å². The predicted octanol–water partition coefficient (Wildman–Crippen LogP) is 2.36. The van der Waals surface area contributed by atoms with E-state index in [4.69, 9.17) is 0 Å². The van der Waals surface area contributed by atoms with E-state index >= 15 is 0 Å². The summed E-state index contributed by atoms with van der Waals surface area (Å²) in [7, 11) is 1.75. The fourth-order valence-electron chi connectivity index (χ4n) is 2.44.